The predicted molar refractivity (Wildman–Crippen MR) is 86.5 cm³/mol. The van der Waals surface area contributed by atoms with Crippen LogP contribution in [-0.2, 0) is 4.79 Å². The lowest BCUT2D eigenvalue weighted by molar-refractivity contribution is -0.117. The molecule has 0 saturated heterocycles. The summed E-state index contributed by atoms with van der Waals surface area (Å²) in [5.74, 6) is 3.69. The topological polar surface area (TPSA) is 47.6 Å². The summed E-state index contributed by atoms with van der Waals surface area (Å²) in [5, 5.41) is 3.05. The second-order valence-electron chi connectivity index (χ2n) is 6.71. The molecule has 3 atom stereocenters. The van der Waals surface area contributed by atoms with Gasteiger partial charge in [0, 0.05) is 18.2 Å². The Hall–Kier alpha value is -1.71. The summed E-state index contributed by atoms with van der Waals surface area (Å²) in [5.41, 5.74) is 1.80. The second-order valence-corrected chi connectivity index (χ2v) is 6.71. The van der Waals surface area contributed by atoms with Gasteiger partial charge in [-0.25, -0.2) is 0 Å². The van der Waals surface area contributed by atoms with E-state index in [9.17, 15) is 4.79 Å². The lowest BCUT2D eigenvalue weighted by Gasteiger charge is -2.21. The van der Waals surface area contributed by atoms with Crippen molar-refractivity contribution in [3.05, 3.63) is 17.7 Å². The van der Waals surface area contributed by atoms with Gasteiger partial charge in [-0.3, -0.25) is 4.79 Å². The van der Waals surface area contributed by atoms with Gasteiger partial charge in [-0.15, -0.1) is 0 Å². The van der Waals surface area contributed by atoms with Gasteiger partial charge in [0.25, 0.3) is 0 Å². The van der Waals surface area contributed by atoms with E-state index < -0.39 is 0 Å². The number of rotatable bonds is 5. The van der Waals surface area contributed by atoms with Gasteiger partial charge in [0.1, 0.15) is 0 Å². The number of aryl methyl sites for hydroxylation is 1. The van der Waals surface area contributed by atoms with E-state index in [0.717, 1.165) is 23.1 Å². The Kier molecular flexibility index (Phi) is 4.27. The fourth-order valence-corrected chi connectivity index (χ4v) is 4.18. The fraction of sp³-hybridized carbons (Fsp3) is 0.611. The molecule has 1 amide bonds. The van der Waals surface area contributed by atoms with Crippen molar-refractivity contribution in [1.29, 1.82) is 0 Å². The molecular formula is C18H25NO3. The zero-order valence-electron chi connectivity index (χ0n) is 13.6. The molecule has 22 heavy (non-hydrogen) atoms. The molecule has 0 aromatic heterocycles. The highest BCUT2D eigenvalue weighted by Gasteiger charge is 2.40. The van der Waals surface area contributed by atoms with Crippen LogP contribution in [0.25, 0.3) is 0 Å². The van der Waals surface area contributed by atoms with Gasteiger partial charge in [0.2, 0.25) is 5.91 Å². The summed E-state index contributed by atoms with van der Waals surface area (Å²) < 4.78 is 10.6. The number of anilines is 1. The van der Waals surface area contributed by atoms with Crippen LogP contribution in [0.1, 0.15) is 37.7 Å². The number of ether oxygens (including phenoxy) is 2. The van der Waals surface area contributed by atoms with Crippen LogP contribution in [-0.4, -0.2) is 20.1 Å². The number of nitrogens with one attached hydrogen (secondary N) is 1. The predicted octanol–water partition coefficient (Wildman–Crippen LogP) is 3.78. The highest BCUT2D eigenvalue weighted by molar-refractivity contribution is 5.92. The van der Waals surface area contributed by atoms with Crippen molar-refractivity contribution >= 4 is 11.6 Å². The van der Waals surface area contributed by atoms with Crippen LogP contribution in [0.15, 0.2) is 12.1 Å². The zero-order chi connectivity index (χ0) is 15.7. The third-order valence-corrected chi connectivity index (χ3v) is 5.34. The highest BCUT2D eigenvalue weighted by Crippen LogP contribution is 2.49. The number of hydrogen-bond acceptors (Lipinski definition) is 3. The van der Waals surface area contributed by atoms with Crippen molar-refractivity contribution in [3.63, 3.8) is 0 Å². The molecule has 0 aliphatic heterocycles. The summed E-state index contributed by atoms with van der Waals surface area (Å²) in [6, 6.07) is 3.73. The Bertz CT molecular complexity index is 570. The molecule has 0 heterocycles. The molecule has 0 radical (unpaired) electrons. The van der Waals surface area contributed by atoms with Gasteiger partial charge in [0.05, 0.1) is 14.2 Å². The Labute approximate surface area is 132 Å². The first kappa shape index (κ1) is 15.2. The Morgan fingerprint density at radius 3 is 2.50 bits per heavy atom. The van der Waals surface area contributed by atoms with Crippen molar-refractivity contribution in [2.75, 3.05) is 19.5 Å². The van der Waals surface area contributed by atoms with E-state index in [1.54, 1.807) is 14.2 Å². The molecule has 120 valence electrons. The molecular weight excluding hydrogens is 278 g/mol. The molecule has 0 unspecified atom stereocenters. The van der Waals surface area contributed by atoms with Gasteiger partial charge >= 0.3 is 0 Å². The quantitative estimate of drug-likeness (QED) is 0.900. The summed E-state index contributed by atoms with van der Waals surface area (Å²) >= 11 is 0. The minimum atomic E-state index is 0.118. The van der Waals surface area contributed by atoms with E-state index in [-0.39, 0.29) is 5.91 Å². The number of carbonyl (C=O) groups excluding carboxylic acids is 1. The van der Waals surface area contributed by atoms with Gasteiger partial charge in [-0.2, -0.15) is 0 Å². The SMILES string of the molecule is COc1cc(C)c(NC(=O)C[C@H]2C[C@H]3CC[C@@H]2C3)cc1OC. The molecule has 2 fully saturated rings. The fourth-order valence-electron chi connectivity index (χ4n) is 4.18. The summed E-state index contributed by atoms with van der Waals surface area (Å²) in [6.07, 6.45) is 5.92. The first-order valence-electron chi connectivity index (χ1n) is 8.13. The van der Waals surface area contributed by atoms with Gasteiger partial charge < -0.3 is 14.8 Å². The number of amides is 1. The Balaban J connectivity index is 1.66. The largest absolute Gasteiger partial charge is 0.493 e. The summed E-state index contributed by atoms with van der Waals surface area (Å²) in [4.78, 5) is 12.4. The number of methoxy groups -OCH3 is 2. The molecule has 4 heteroatoms. The lowest BCUT2D eigenvalue weighted by atomic mass is 9.86. The smallest absolute Gasteiger partial charge is 0.224 e. The molecule has 2 aliphatic carbocycles. The van der Waals surface area contributed by atoms with E-state index in [1.165, 1.54) is 25.7 Å². The highest BCUT2D eigenvalue weighted by atomic mass is 16.5. The standard InChI is InChI=1S/C18H25NO3/c1-11-6-16(21-2)17(22-3)10-15(11)19-18(20)9-14-8-12-4-5-13(14)7-12/h6,10,12-14H,4-5,7-9H2,1-3H3,(H,19,20)/t12-,13+,14+/m0/s1. The van der Waals surface area contributed by atoms with E-state index >= 15 is 0 Å². The van der Waals surface area contributed by atoms with Gasteiger partial charge in [0.15, 0.2) is 11.5 Å². The summed E-state index contributed by atoms with van der Waals surface area (Å²) in [6.45, 7) is 1.97. The molecule has 1 aromatic carbocycles. The normalized spacial score (nSPS) is 26.0. The molecule has 2 aliphatic rings. The number of benzene rings is 1. The molecule has 2 saturated carbocycles. The zero-order valence-corrected chi connectivity index (χ0v) is 13.6. The van der Waals surface area contributed by atoms with Crippen molar-refractivity contribution in [2.24, 2.45) is 17.8 Å². The molecule has 1 aromatic rings. The Morgan fingerprint density at radius 2 is 1.91 bits per heavy atom. The summed E-state index contributed by atoms with van der Waals surface area (Å²) in [7, 11) is 3.22. The van der Waals surface area contributed by atoms with Crippen LogP contribution in [0.4, 0.5) is 5.69 Å². The molecule has 3 rings (SSSR count). The first-order valence-corrected chi connectivity index (χ1v) is 8.13. The molecule has 2 bridgehead atoms. The van der Waals surface area contributed by atoms with Crippen LogP contribution in [0.2, 0.25) is 0 Å². The van der Waals surface area contributed by atoms with Crippen molar-refractivity contribution in [2.45, 2.75) is 39.0 Å². The van der Waals surface area contributed by atoms with Crippen molar-refractivity contribution in [1.82, 2.24) is 0 Å². The minimum Gasteiger partial charge on any atom is -0.493 e. The molecule has 0 spiro atoms. The van der Waals surface area contributed by atoms with Crippen molar-refractivity contribution in [3.8, 4) is 11.5 Å². The maximum Gasteiger partial charge on any atom is 0.224 e. The first-order chi connectivity index (χ1) is 10.6. The van der Waals surface area contributed by atoms with E-state index in [1.807, 2.05) is 19.1 Å². The van der Waals surface area contributed by atoms with Crippen LogP contribution in [0.3, 0.4) is 0 Å². The lowest BCUT2D eigenvalue weighted by Crippen LogP contribution is -2.20. The van der Waals surface area contributed by atoms with E-state index in [4.69, 9.17) is 9.47 Å². The average molecular weight is 303 g/mol. The minimum absolute atomic E-state index is 0.118. The molecule has 1 N–H and O–H groups in total. The van der Waals surface area contributed by atoms with Gasteiger partial charge in [-0.05, 0) is 55.6 Å². The van der Waals surface area contributed by atoms with Crippen LogP contribution >= 0.6 is 0 Å². The average Bonchev–Trinajstić information content (AvgIpc) is 3.11. The Morgan fingerprint density at radius 1 is 1.18 bits per heavy atom. The van der Waals surface area contributed by atoms with Gasteiger partial charge in [-0.1, -0.05) is 6.42 Å². The monoisotopic (exact) mass is 303 g/mol. The number of hydrogen-bond donors (Lipinski definition) is 1. The maximum atomic E-state index is 12.4. The van der Waals surface area contributed by atoms with Crippen LogP contribution < -0.4 is 14.8 Å². The third-order valence-electron chi connectivity index (χ3n) is 5.34. The van der Waals surface area contributed by atoms with E-state index in [0.29, 0.717) is 23.8 Å². The van der Waals surface area contributed by atoms with Crippen LogP contribution in [0, 0.1) is 24.7 Å². The van der Waals surface area contributed by atoms with E-state index in [2.05, 4.69) is 5.32 Å². The number of fused-ring (bicyclic) bond motifs is 2. The third kappa shape index (κ3) is 2.92. The molecule has 4 nitrogen and oxygen atoms in total. The van der Waals surface area contributed by atoms with Crippen LogP contribution in [0.5, 0.6) is 11.5 Å². The second kappa shape index (κ2) is 6.19. The van der Waals surface area contributed by atoms with Crippen molar-refractivity contribution < 1.29 is 14.3 Å². The maximum absolute atomic E-state index is 12.4. The number of carbonyl (C=O) groups is 1.